The summed E-state index contributed by atoms with van der Waals surface area (Å²) in [7, 11) is 0. The molecule has 100 valence electrons. The van der Waals surface area contributed by atoms with Crippen molar-refractivity contribution in [2.45, 2.75) is 70.9 Å². The van der Waals surface area contributed by atoms with Gasteiger partial charge < -0.3 is 10.6 Å². The molecule has 2 rings (SSSR count). The number of nitrogens with two attached hydrogens (primary N) is 1. The molecule has 2 nitrogen and oxygen atoms in total. The fourth-order valence-electron chi connectivity index (χ4n) is 3.65. The maximum absolute atomic E-state index is 6.17. The Morgan fingerprint density at radius 1 is 1.12 bits per heavy atom. The highest BCUT2D eigenvalue weighted by Crippen LogP contribution is 2.35. The minimum absolute atomic E-state index is 0.389. The Kier molecular flexibility index (Phi) is 4.87. The largest absolute Gasteiger partial charge is 0.327 e. The van der Waals surface area contributed by atoms with Crippen LogP contribution in [0.1, 0.15) is 58.8 Å². The Labute approximate surface area is 107 Å². The Balaban J connectivity index is 1.78. The summed E-state index contributed by atoms with van der Waals surface area (Å²) in [4.78, 5) is 2.75. The van der Waals surface area contributed by atoms with E-state index in [0.29, 0.717) is 12.0 Å². The monoisotopic (exact) mass is 238 g/mol. The first-order valence-corrected chi connectivity index (χ1v) is 7.68. The van der Waals surface area contributed by atoms with Crippen LogP contribution in [-0.4, -0.2) is 30.1 Å². The second-order valence-corrected chi connectivity index (χ2v) is 6.49. The first-order chi connectivity index (χ1) is 8.18. The second-order valence-electron chi connectivity index (χ2n) is 6.49. The maximum atomic E-state index is 6.17. The summed E-state index contributed by atoms with van der Waals surface area (Å²) in [5, 5.41) is 0. The highest BCUT2D eigenvalue weighted by Gasteiger charge is 2.32. The van der Waals surface area contributed by atoms with Crippen molar-refractivity contribution in [2.24, 2.45) is 17.6 Å². The Morgan fingerprint density at radius 3 is 2.47 bits per heavy atom. The van der Waals surface area contributed by atoms with E-state index < -0.39 is 0 Å². The molecule has 1 aliphatic heterocycles. The molecule has 2 aliphatic rings. The normalized spacial score (nSPS) is 29.3. The van der Waals surface area contributed by atoms with Crippen LogP contribution >= 0.6 is 0 Å². The van der Waals surface area contributed by atoms with Crippen LogP contribution in [0.3, 0.4) is 0 Å². The molecule has 0 aromatic rings. The lowest BCUT2D eigenvalue weighted by Crippen LogP contribution is -2.38. The van der Waals surface area contributed by atoms with Gasteiger partial charge in [-0.2, -0.15) is 0 Å². The molecule has 0 bridgehead atoms. The lowest BCUT2D eigenvalue weighted by Gasteiger charge is -2.30. The highest BCUT2D eigenvalue weighted by molar-refractivity contribution is 4.88. The van der Waals surface area contributed by atoms with Gasteiger partial charge in [-0.05, 0) is 57.0 Å². The van der Waals surface area contributed by atoms with Crippen LogP contribution < -0.4 is 5.73 Å². The maximum Gasteiger partial charge on any atom is 0.0124 e. The van der Waals surface area contributed by atoms with Gasteiger partial charge >= 0.3 is 0 Å². The van der Waals surface area contributed by atoms with Crippen molar-refractivity contribution in [1.82, 2.24) is 4.90 Å². The molecule has 0 amide bonds. The van der Waals surface area contributed by atoms with Gasteiger partial charge in [0.15, 0.2) is 0 Å². The Morgan fingerprint density at radius 2 is 1.82 bits per heavy atom. The van der Waals surface area contributed by atoms with Crippen molar-refractivity contribution >= 4 is 0 Å². The summed E-state index contributed by atoms with van der Waals surface area (Å²) < 4.78 is 0. The number of likely N-dealkylation sites (tertiary alicyclic amines) is 1. The number of hydrogen-bond donors (Lipinski definition) is 1. The van der Waals surface area contributed by atoms with Crippen LogP contribution in [-0.2, 0) is 0 Å². The summed E-state index contributed by atoms with van der Waals surface area (Å²) >= 11 is 0. The summed E-state index contributed by atoms with van der Waals surface area (Å²) in [5.74, 6) is 1.63. The molecule has 0 spiro atoms. The van der Waals surface area contributed by atoms with Gasteiger partial charge in [-0.1, -0.05) is 26.7 Å². The smallest absolute Gasteiger partial charge is 0.0124 e. The van der Waals surface area contributed by atoms with Gasteiger partial charge in [-0.3, -0.25) is 0 Å². The molecule has 2 fully saturated rings. The lowest BCUT2D eigenvalue weighted by atomic mass is 9.95. The molecule has 0 radical (unpaired) electrons. The van der Waals surface area contributed by atoms with Gasteiger partial charge in [0, 0.05) is 12.1 Å². The first-order valence-electron chi connectivity index (χ1n) is 7.68. The Bertz CT molecular complexity index is 221. The SMILES string of the molecule is CC(C)C(N)CCN1CCCC1C1CCCC1. The van der Waals surface area contributed by atoms with E-state index in [1.54, 1.807) is 0 Å². The number of nitrogens with zero attached hydrogens (tertiary/aromatic N) is 1. The average molecular weight is 238 g/mol. The molecule has 2 atom stereocenters. The van der Waals surface area contributed by atoms with Crippen molar-refractivity contribution in [3.63, 3.8) is 0 Å². The Hall–Kier alpha value is -0.0800. The quantitative estimate of drug-likeness (QED) is 0.798. The van der Waals surface area contributed by atoms with Gasteiger partial charge in [0.25, 0.3) is 0 Å². The summed E-state index contributed by atoms with van der Waals surface area (Å²) in [6.45, 7) is 7.04. The standard InChI is InChI=1S/C15H30N2/c1-12(2)14(16)9-11-17-10-5-8-15(17)13-6-3-4-7-13/h12-15H,3-11,16H2,1-2H3. The van der Waals surface area contributed by atoms with E-state index in [9.17, 15) is 0 Å². The van der Waals surface area contributed by atoms with E-state index in [1.165, 1.54) is 58.0 Å². The lowest BCUT2D eigenvalue weighted by molar-refractivity contribution is 0.181. The highest BCUT2D eigenvalue weighted by atomic mass is 15.2. The van der Waals surface area contributed by atoms with Crippen molar-refractivity contribution in [2.75, 3.05) is 13.1 Å². The van der Waals surface area contributed by atoms with Gasteiger partial charge in [-0.15, -0.1) is 0 Å². The summed E-state index contributed by atoms with van der Waals surface area (Å²) in [6, 6.07) is 1.29. The molecule has 2 unspecified atom stereocenters. The minimum Gasteiger partial charge on any atom is -0.327 e. The fraction of sp³-hybridized carbons (Fsp3) is 1.00. The van der Waals surface area contributed by atoms with Crippen molar-refractivity contribution in [3.8, 4) is 0 Å². The number of hydrogen-bond acceptors (Lipinski definition) is 2. The van der Waals surface area contributed by atoms with Crippen LogP contribution in [0.5, 0.6) is 0 Å². The van der Waals surface area contributed by atoms with Crippen LogP contribution in [0, 0.1) is 11.8 Å². The fourth-order valence-corrected chi connectivity index (χ4v) is 3.65. The van der Waals surface area contributed by atoms with Crippen LogP contribution in [0.2, 0.25) is 0 Å². The first kappa shape index (κ1) is 13.4. The molecule has 0 aromatic carbocycles. The molecule has 2 heteroatoms. The van der Waals surface area contributed by atoms with Crippen molar-refractivity contribution in [1.29, 1.82) is 0 Å². The zero-order valence-electron chi connectivity index (χ0n) is 11.7. The van der Waals surface area contributed by atoms with E-state index in [0.717, 1.165) is 12.0 Å². The van der Waals surface area contributed by atoms with Crippen LogP contribution in [0.15, 0.2) is 0 Å². The number of rotatable bonds is 5. The molecule has 1 saturated heterocycles. The minimum atomic E-state index is 0.389. The predicted molar refractivity (Wildman–Crippen MR) is 74.0 cm³/mol. The van der Waals surface area contributed by atoms with Crippen LogP contribution in [0.4, 0.5) is 0 Å². The topological polar surface area (TPSA) is 29.3 Å². The molecule has 1 heterocycles. The van der Waals surface area contributed by atoms with Crippen LogP contribution in [0.25, 0.3) is 0 Å². The zero-order valence-corrected chi connectivity index (χ0v) is 11.7. The third-order valence-electron chi connectivity index (χ3n) is 4.96. The third-order valence-corrected chi connectivity index (χ3v) is 4.96. The van der Waals surface area contributed by atoms with Gasteiger partial charge in [-0.25, -0.2) is 0 Å². The summed E-state index contributed by atoms with van der Waals surface area (Å²) in [6.07, 6.45) is 9.95. The molecule has 1 saturated carbocycles. The molecular weight excluding hydrogens is 208 g/mol. The van der Waals surface area contributed by atoms with Crippen molar-refractivity contribution < 1.29 is 0 Å². The van der Waals surface area contributed by atoms with Gasteiger partial charge in [0.2, 0.25) is 0 Å². The third kappa shape index (κ3) is 3.45. The second kappa shape index (κ2) is 6.19. The van der Waals surface area contributed by atoms with E-state index in [-0.39, 0.29) is 0 Å². The van der Waals surface area contributed by atoms with Crippen molar-refractivity contribution in [3.05, 3.63) is 0 Å². The van der Waals surface area contributed by atoms with E-state index >= 15 is 0 Å². The predicted octanol–water partition coefficient (Wildman–Crippen LogP) is 3.01. The molecule has 0 aromatic heterocycles. The molecule has 1 aliphatic carbocycles. The summed E-state index contributed by atoms with van der Waals surface area (Å²) in [5.41, 5.74) is 6.17. The molecule has 2 N–H and O–H groups in total. The van der Waals surface area contributed by atoms with E-state index in [4.69, 9.17) is 5.73 Å². The molecule has 17 heavy (non-hydrogen) atoms. The zero-order chi connectivity index (χ0) is 12.3. The van der Waals surface area contributed by atoms with Gasteiger partial charge in [0.05, 0.1) is 0 Å². The van der Waals surface area contributed by atoms with E-state index in [2.05, 4.69) is 18.7 Å². The van der Waals surface area contributed by atoms with Gasteiger partial charge in [0.1, 0.15) is 0 Å². The average Bonchev–Trinajstić information content (AvgIpc) is 2.95. The van der Waals surface area contributed by atoms with E-state index in [1.807, 2.05) is 0 Å². The molecular formula is C15H30N2.